The molecule has 1 amide bonds. The molecular weight excluding hydrogens is 270 g/mol. The maximum absolute atomic E-state index is 11.8. The predicted octanol–water partition coefficient (Wildman–Crippen LogP) is 1.78. The highest BCUT2D eigenvalue weighted by atomic mass is 32.1. The lowest BCUT2D eigenvalue weighted by Gasteiger charge is -2.36. The van der Waals surface area contributed by atoms with Gasteiger partial charge in [-0.1, -0.05) is 6.07 Å². The van der Waals surface area contributed by atoms with E-state index in [0.29, 0.717) is 19.0 Å². The molecule has 1 saturated heterocycles. The number of hydrogen-bond acceptors (Lipinski definition) is 4. The van der Waals surface area contributed by atoms with Gasteiger partial charge in [0, 0.05) is 50.1 Å². The van der Waals surface area contributed by atoms with Crippen molar-refractivity contribution in [2.45, 2.75) is 32.9 Å². The number of piperazine rings is 1. The zero-order chi connectivity index (χ0) is 14.4. The van der Waals surface area contributed by atoms with Gasteiger partial charge in [0.15, 0.2) is 0 Å². The van der Waals surface area contributed by atoms with Crippen LogP contribution in [0, 0.1) is 0 Å². The molecule has 1 aliphatic heterocycles. The van der Waals surface area contributed by atoms with E-state index in [0.717, 1.165) is 32.7 Å². The van der Waals surface area contributed by atoms with Gasteiger partial charge >= 0.3 is 0 Å². The number of carbonyl (C=O) groups is 1. The van der Waals surface area contributed by atoms with Gasteiger partial charge in [0.05, 0.1) is 6.54 Å². The van der Waals surface area contributed by atoms with Crippen molar-refractivity contribution < 1.29 is 4.79 Å². The molecule has 0 spiro atoms. The Morgan fingerprint density at radius 1 is 1.35 bits per heavy atom. The van der Waals surface area contributed by atoms with Crippen molar-refractivity contribution >= 4 is 17.2 Å². The van der Waals surface area contributed by atoms with Crippen molar-refractivity contribution in [1.29, 1.82) is 0 Å². The van der Waals surface area contributed by atoms with Crippen molar-refractivity contribution in [3.63, 3.8) is 0 Å². The molecule has 0 saturated carbocycles. The van der Waals surface area contributed by atoms with E-state index in [2.05, 4.69) is 35.0 Å². The minimum atomic E-state index is 0.157. The van der Waals surface area contributed by atoms with Crippen molar-refractivity contribution in [3.05, 3.63) is 22.4 Å². The van der Waals surface area contributed by atoms with Crippen molar-refractivity contribution in [2.75, 3.05) is 32.7 Å². The maximum Gasteiger partial charge on any atom is 0.221 e. The second-order valence-electron chi connectivity index (χ2n) is 5.58. The third kappa shape index (κ3) is 4.89. The molecule has 5 heteroatoms. The number of thiophene rings is 1. The minimum absolute atomic E-state index is 0.157. The largest absolute Gasteiger partial charge is 0.351 e. The van der Waals surface area contributed by atoms with Crippen LogP contribution in [-0.2, 0) is 11.3 Å². The Hall–Kier alpha value is -0.910. The monoisotopic (exact) mass is 295 g/mol. The highest BCUT2D eigenvalue weighted by Gasteiger charge is 2.18. The number of carbonyl (C=O) groups excluding carboxylic acids is 1. The van der Waals surface area contributed by atoms with Crippen LogP contribution >= 0.6 is 11.3 Å². The first-order chi connectivity index (χ1) is 9.65. The highest BCUT2D eigenvalue weighted by molar-refractivity contribution is 7.09. The number of rotatable bonds is 6. The SMILES string of the molecule is CC(C)N1CCN(CCC(=O)NCc2cccs2)CC1. The van der Waals surface area contributed by atoms with Crippen LogP contribution < -0.4 is 5.32 Å². The Morgan fingerprint density at radius 3 is 2.70 bits per heavy atom. The van der Waals surface area contributed by atoms with Gasteiger partial charge in [-0.25, -0.2) is 0 Å². The fraction of sp³-hybridized carbons (Fsp3) is 0.667. The van der Waals surface area contributed by atoms with E-state index in [1.165, 1.54) is 4.88 Å². The van der Waals surface area contributed by atoms with E-state index in [1.54, 1.807) is 11.3 Å². The Balaban J connectivity index is 1.59. The van der Waals surface area contributed by atoms with E-state index in [1.807, 2.05) is 11.4 Å². The summed E-state index contributed by atoms with van der Waals surface area (Å²) < 4.78 is 0. The molecule has 1 N–H and O–H groups in total. The smallest absolute Gasteiger partial charge is 0.221 e. The first kappa shape index (κ1) is 15.5. The van der Waals surface area contributed by atoms with Crippen LogP contribution in [0.3, 0.4) is 0 Å². The van der Waals surface area contributed by atoms with Gasteiger partial charge < -0.3 is 10.2 Å². The number of nitrogens with one attached hydrogen (secondary N) is 1. The molecular formula is C15H25N3OS. The Labute approximate surface area is 125 Å². The quantitative estimate of drug-likeness (QED) is 0.869. The average molecular weight is 295 g/mol. The standard InChI is InChI=1S/C15H25N3OS/c1-13(2)18-9-7-17(8-10-18)6-5-15(19)16-12-14-4-3-11-20-14/h3-4,11,13H,5-10,12H2,1-2H3,(H,16,19). The Kier molecular flexibility index (Phi) is 6.01. The maximum atomic E-state index is 11.8. The summed E-state index contributed by atoms with van der Waals surface area (Å²) in [5, 5.41) is 5.02. The molecule has 1 aromatic rings. The molecule has 0 bridgehead atoms. The van der Waals surface area contributed by atoms with Crippen LogP contribution in [0.4, 0.5) is 0 Å². The van der Waals surface area contributed by atoms with E-state index in [-0.39, 0.29) is 5.91 Å². The molecule has 4 nitrogen and oxygen atoms in total. The van der Waals surface area contributed by atoms with Crippen molar-refractivity contribution in [3.8, 4) is 0 Å². The van der Waals surface area contributed by atoms with Gasteiger partial charge in [-0.05, 0) is 25.3 Å². The van der Waals surface area contributed by atoms with Gasteiger partial charge in [0.1, 0.15) is 0 Å². The summed E-state index contributed by atoms with van der Waals surface area (Å²) in [6.45, 7) is 10.4. The summed E-state index contributed by atoms with van der Waals surface area (Å²) in [4.78, 5) is 17.9. The molecule has 0 unspecified atom stereocenters. The van der Waals surface area contributed by atoms with Crippen LogP contribution in [0.5, 0.6) is 0 Å². The van der Waals surface area contributed by atoms with Crippen LogP contribution in [0.25, 0.3) is 0 Å². The van der Waals surface area contributed by atoms with Gasteiger partial charge in [-0.15, -0.1) is 11.3 Å². The molecule has 2 heterocycles. The fourth-order valence-corrected chi connectivity index (χ4v) is 3.09. The molecule has 112 valence electrons. The zero-order valence-electron chi connectivity index (χ0n) is 12.5. The van der Waals surface area contributed by atoms with Crippen LogP contribution in [0.2, 0.25) is 0 Å². The second-order valence-corrected chi connectivity index (χ2v) is 6.61. The van der Waals surface area contributed by atoms with Crippen molar-refractivity contribution in [1.82, 2.24) is 15.1 Å². The van der Waals surface area contributed by atoms with Crippen LogP contribution in [0.15, 0.2) is 17.5 Å². The highest BCUT2D eigenvalue weighted by Crippen LogP contribution is 2.08. The summed E-state index contributed by atoms with van der Waals surface area (Å²) in [7, 11) is 0. The van der Waals surface area contributed by atoms with Crippen LogP contribution in [-0.4, -0.2) is 54.5 Å². The molecule has 1 aromatic heterocycles. The molecule has 0 aromatic carbocycles. The predicted molar refractivity (Wildman–Crippen MR) is 83.9 cm³/mol. The molecule has 1 aliphatic rings. The molecule has 0 radical (unpaired) electrons. The molecule has 20 heavy (non-hydrogen) atoms. The second kappa shape index (κ2) is 7.76. The van der Waals surface area contributed by atoms with Crippen molar-refractivity contribution in [2.24, 2.45) is 0 Å². The number of nitrogens with zero attached hydrogens (tertiary/aromatic N) is 2. The lowest BCUT2D eigenvalue weighted by atomic mass is 10.2. The van der Waals surface area contributed by atoms with Gasteiger partial charge in [0.2, 0.25) is 5.91 Å². The average Bonchev–Trinajstić information content (AvgIpc) is 2.96. The molecule has 1 fully saturated rings. The van der Waals surface area contributed by atoms with Crippen LogP contribution in [0.1, 0.15) is 25.1 Å². The van der Waals surface area contributed by atoms with E-state index >= 15 is 0 Å². The Morgan fingerprint density at radius 2 is 2.10 bits per heavy atom. The molecule has 2 rings (SSSR count). The molecule has 0 aliphatic carbocycles. The number of hydrogen-bond donors (Lipinski definition) is 1. The number of amides is 1. The zero-order valence-corrected chi connectivity index (χ0v) is 13.3. The summed E-state index contributed by atoms with van der Waals surface area (Å²) in [5.41, 5.74) is 0. The first-order valence-corrected chi connectivity index (χ1v) is 8.28. The van der Waals surface area contributed by atoms with E-state index < -0.39 is 0 Å². The van der Waals surface area contributed by atoms with Gasteiger partial charge in [-0.2, -0.15) is 0 Å². The normalized spacial score (nSPS) is 17.6. The summed E-state index contributed by atoms with van der Waals surface area (Å²) in [6, 6.07) is 4.70. The van der Waals surface area contributed by atoms with Gasteiger partial charge in [0.25, 0.3) is 0 Å². The Bertz CT molecular complexity index is 397. The third-order valence-electron chi connectivity index (χ3n) is 3.83. The van der Waals surface area contributed by atoms with Gasteiger partial charge in [-0.3, -0.25) is 9.69 Å². The lowest BCUT2D eigenvalue weighted by Crippen LogP contribution is -2.49. The van der Waals surface area contributed by atoms with E-state index in [4.69, 9.17) is 0 Å². The topological polar surface area (TPSA) is 35.6 Å². The molecule has 0 atom stereocenters. The minimum Gasteiger partial charge on any atom is -0.351 e. The van der Waals surface area contributed by atoms with E-state index in [9.17, 15) is 4.79 Å². The first-order valence-electron chi connectivity index (χ1n) is 7.40. The third-order valence-corrected chi connectivity index (χ3v) is 4.71. The summed E-state index contributed by atoms with van der Waals surface area (Å²) in [5.74, 6) is 0.157. The summed E-state index contributed by atoms with van der Waals surface area (Å²) in [6.07, 6.45) is 0.604. The fourth-order valence-electron chi connectivity index (χ4n) is 2.45. The summed E-state index contributed by atoms with van der Waals surface area (Å²) >= 11 is 1.68. The lowest BCUT2D eigenvalue weighted by molar-refractivity contribution is -0.121.